The van der Waals surface area contributed by atoms with Crippen molar-refractivity contribution >= 4 is 6.09 Å². The van der Waals surface area contributed by atoms with Crippen LogP contribution in [-0.2, 0) is 4.74 Å². The summed E-state index contributed by atoms with van der Waals surface area (Å²) in [5, 5.41) is 3.71. The standard InChI is InChI=1S/C16H31N3O2/c1-4-21-16(20)18-9-6-15(7-10-18)17-11-14-5-8-19(12-14)13(2)3/h13-15,17H,4-12H2,1-3H3. The molecule has 5 nitrogen and oxygen atoms in total. The van der Waals surface area contributed by atoms with E-state index in [0.29, 0.717) is 18.7 Å². The van der Waals surface area contributed by atoms with Crippen LogP contribution in [0.15, 0.2) is 0 Å². The molecule has 2 aliphatic heterocycles. The molecule has 21 heavy (non-hydrogen) atoms. The number of likely N-dealkylation sites (tertiary alicyclic amines) is 2. The first-order valence-electron chi connectivity index (χ1n) is 8.49. The lowest BCUT2D eigenvalue weighted by atomic mass is 10.0. The minimum Gasteiger partial charge on any atom is -0.450 e. The van der Waals surface area contributed by atoms with Crippen LogP contribution in [0.5, 0.6) is 0 Å². The number of nitrogens with one attached hydrogen (secondary N) is 1. The number of rotatable bonds is 5. The molecule has 2 aliphatic rings. The monoisotopic (exact) mass is 297 g/mol. The van der Waals surface area contributed by atoms with Gasteiger partial charge in [0, 0.05) is 31.7 Å². The second-order valence-electron chi connectivity index (χ2n) is 6.61. The average molecular weight is 297 g/mol. The molecule has 2 rings (SSSR count). The van der Waals surface area contributed by atoms with Crippen molar-refractivity contribution in [2.24, 2.45) is 5.92 Å². The molecule has 1 atom stereocenters. The maximum atomic E-state index is 11.6. The van der Waals surface area contributed by atoms with Crippen LogP contribution in [0.3, 0.4) is 0 Å². The van der Waals surface area contributed by atoms with Crippen LogP contribution in [0.25, 0.3) is 0 Å². The number of nitrogens with zero attached hydrogens (tertiary/aromatic N) is 2. The summed E-state index contributed by atoms with van der Waals surface area (Å²) >= 11 is 0. The average Bonchev–Trinajstić information content (AvgIpc) is 2.95. The van der Waals surface area contributed by atoms with Crippen molar-refractivity contribution in [2.75, 3.05) is 39.3 Å². The third-order valence-electron chi connectivity index (χ3n) is 4.76. The summed E-state index contributed by atoms with van der Waals surface area (Å²) in [6, 6.07) is 1.23. The molecule has 2 fully saturated rings. The van der Waals surface area contributed by atoms with Crippen LogP contribution in [0.1, 0.15) is 40.0 Å². The zero-order valence-electron chi connectivity index (χ0n) is 13.8. The summed E-state index contributed by atoms with van der Waals surface area (Å²) in [5.74, 6) is 0.787. The summed E-state index contributed by atoms with van der Waals surface area (Å²) in [4.78, 5) is 16.0. The fraction of sp³-hybridized carbons (Fsp3) is 0.938. The number of amides is 1. The largest absolute Gasteiger partial charge is 0.450 e. The number of piperidine rings is 1. The van der Waals surface area contributed by atoms with E-state index in [-0.39, 0.29) is 6.09 Å². The van der Waals surface area contributed by atoms with Gasteiger partial charge in [0.15, 0.2) is 0 Å². The quantitative estimate of drug-likeness (QED) is 0.842. The van der Waals surface area contributed by atoms with Crippen LogP contribution in [0.4, 0.5) is 4.79 Å². The molecule has 5 heteroatoms. The SMILES string of the molecule is CCOC(=O)N1CCC(NCC2CCN(C(C)C)C2)CC1. The smallest absolute Gasteiger partial charge is 0.409 e. The maximum Gasteiger partial charge on any atom is 0.409 e. The third-order valence-corrected chi connectivity index (χ3v) is 4.76. The van der Waals surface area contributed by atoms with Gasteiger partial charge in [-0.1, -0.05) is 0 Å². The van der Waals surface area contributed by atoms with Gasteiger partial charge in [-0.25, -0.2) is 4.79 Å². The summed E-state index contributed by atoms with van der Waals surface area (Å²) < 4.78 is 5.05. The molecule has 0 bridgehead atoms. The van der Waals surface area contributed by atoms with Gasteiger partial charge >= 0.3 is 6.09 Å². The second-order valence-corrected chi connectivity index (χ2v) is 6.61. The Hall–Kier alpha value is -0.810. The zero-order chi connectivity index (χ0) is 15.2. The maximum absolute atomic E-state index is 11.6. The Morgan fingerprint density at radius 3 is 2.52 bits per heavy atom. The van der Waals surface area contributed by atoms with Crippen molar-refractivity contribution in [3.05, 3.63) is 0 Å². The van der Waals surface area contributed by atoms with Crippen LogP contribution in [-0.4, -0.2) is 67.3 Å². The molecule has 0 saturated carbocycles. The van der Waals surface area contributed by atoms with Crippen molar-refractivity contribution in [3.63, 3.8) is 0 Å². The summed E-state index contributed by atoms with van der Waals surface area (Å²) in [6.07, 6.45) is 3.24. The predicted molar refractivity (Wildman–Crippen MR) is 84.4 cm³/mol. The van der Waals surface area contributed by atoms with Gasteiger partial charge in [0.05, 0.1) is 6.61 Å². The molecule has 0 aliphatic carbocycles. The first-order chi connectivity index (χ1) is 10.1. The van der Waals surface area contributed by atoms with Crippen LogP contribution in [0, 0.1) is 5.92 Å². The lowest BCUT2D eigenvalue weighted by Crippen LogP contribution is -2.46. The molecule has 0 aromatic carbocycles. The Morgan fingerprint density at radius 1 is 1.24 bits per heavy atom. The molecule has 0 spiro atoms. The van der Waals surface area contributed by atoms with Gasteiger partial charge in [-0.15, -0.1) is 0 Å². The van der Waals surface area contributed by atoms with Gasteiger partial charge in [-0.2, -0.15) is 0 Å². The first kappa shape index (κ1) is 16.6. The molecule has 1 N–H and O–H groups in total. The summed E-state index contributed by atoms with van der Waals surface area (Å²) in [6.45, 7) is 12.1. The highest BCUT2D eigenvalue weighted by Crippen LogP contribution is 2.19. The minimum atomic E-state index is -0.153. The molecule has 1 amide bonds. The number of hydrogen-bond donors (Lipinski definition) is 1. The molecule has 0 radical (unpaired) electrons. The van der Waals surface area contributed by atoms with Gasteiger partial charge in [-0.05, 0) is 59.0 Å². The molecular formula is C16H31N3O2. The van der Waals surface area contributed by atoms with Gasteiger partial charge < -0.3 is 19.9 Å². The lowest BCUT2D eigenvalue weighted by molar-refractivity contribution is 0.0948. The molecule has 122 valence electrons. The number of hydrogen-bond acceptors (Lipinski definition) is 4. The number of carbonyl (C=O) groups is 1. The van der Waals surface area contributed by atoms with Crippen molar-refractivity contribution < 1.29 is 9.53 Å². The zero-order valence-corrected chi connectivity index (χ0v) is 13.8. The van der Waals surface area contributed by atoms with E-state index in [0.717, 1.165) is 38.4 Å². The molecule has 2 heterocycles. The van der Waals surface area contributed by atoms with Crippen molar-refractivity contribution in [1.29, 1.82) is 0 Å². The first-order valence-corrected chi connectivity index (χ1v) is 8.49. The fourth-order valence-electron chi connectivity index (χ4n) is 3.31. The fourth-order valence-corrected chi connectivity index (χ4v) is 3.31. The molecule has 0 aromatic heterocycles. The predicted octanol–water partition coefficient (Wildman–Crippen LogP) is 1.93. The number of ether oxygens (including phenoxy) is 1. The van der Waals surface area contributed by atoms with E-state index >= 15 is 0 Å². The topological polar surface area (TPSA) is 44.8 Å². The second kappa shape index (κ2) is 7.99. The van der Waals surface area contributed by atoms with Gasteiger partial charge in [-0.3, -0.25) is 0 Å². The van der Waals surface area contributed by atoms with Crippen LogP contribution >= 0.6 is 0 Å². The van der Waals surface area contributed by atoms with E-state index in [4.69, 9.17) is 4.74 Å². The molecule has 0 aromatic rings. The van der Waals surface area contributed by atoms with Crippen molar-refractivity contribution in [3.8, 4) is 0 Å². The summed E-state index contributed by atoms with van der Waals surface area (Å²) in [7, 11) is 0. The van der Waals surface area contributed by atoms with Crippen molar-refractivity contribution in [1.82, 2.24) is 15.1 Å². The van der Waals surface area contributed by atoms with E-state index in [1.807, 2.05) is 11.8 Å². The van der Waals surface area contributed by atoms with Gasteiger partial charge in [0.25, 0.3) is 0 Å². The Balaban J connectivity index is 1.62. The highest BCUT2D eigenvalue weighted by molar-refractivity contribution is 5.67. The third kappa shape index (κ3) is 4.85. The minimum absolute atomic E-state index is 0.153. The van der Waals surface area contributed by atoms with E-state index < -0.39 is 0 Å². The normalized spacial score (nSPS) is 24.8. The van der Waals surface area contributed by atoms with Gasteiger partial charge in [0.2, 0.25) is 0 Å². The Labute approximate surface area is 129 Å². The Kier molecular flexibility index (Phi) is 6.30. The van der Waals surface area contributed by atoms with E-state index in [1.165, 1.54) is 19.5 Å². The summed E-state index contributed by atoms with van der Waals surface area (Å²) in [5.41, 5.74) is 0. The highest BCUT2D eigenvalue weighted by atomic mass is 16.6. The highest BCUT2D eigenvalue weighted by Gasteiger charge is 2.27. The van der Waals surface area contributed by atoms with E-state index in [1.54, 1.807) is 0 Å². The lowest BCUT2D eigenvalue weighted by Gasteiger charge is -2.32. The van der Waals surface area contributed by atoms with Crippen LogP contribution < -0.4 is 5.32 Å². The van der Waals surface area contributed by atoms with Gasteiger partial charge in [0.1, 0.15) is 0 Å². The Morgan fingerprint density at radius 2 is 1.95 bits per heavy atom. The van der Waals surface area contributed by atoms with E-state index in [2.05, 4.69) is 24.1 Å². The molecule has 2 saturated heterocycles. The van der Waals surface area contributed by atoms with Crippen LogP contribution in [0.2, 0.25) is 0 Å². The molecular weight excluding hydrogens is 266 g/mol. The Bertz CT molecular complexity index is 327. The van der Waals surface area contributed by atoms with Crippen molar-refractivity contribution in [2.45, 2.75) is 52.1 Å². The molecule has 1 unspecified atom stereocenters. The number of carbonyl (C=O) groups excluding carboxylic acids is 1. The van der Waals surface area contributed by atoms with E-state index in [9.17, 15) is 4.79 Å².